The molecule has 4 aliphatic rings. The minimum absolute atomic E-state index is 0.0163. The number of likely N-dealkylation sites (tertiary alicyclic amines) is 1. The molecule has 8 nitrogen and oxygen atoms in total. The Kier molecular flexibility index (Phi) is 7.37. The number of fused-ring (bicyclic) bond motifs is 3. The van der Waals surface area contributed by atoms with Gasteiger partial charge in [0, 0.05) is 36.7 Å². The molecule has 0 spiro atoms. The first-order valence-corrected chi connectivity index (χ1v) is 12.9. The van der Waals surface area contributed by atoms with Crippen LogP contribution in [0.15, 0.2) is 18.2 Å². The maximum atomic E-state index is 12.6. The number of aliphatic hydroxyl groups is 1. The Bertz CT molecular complexity index is 883. The van der Waals surface area contributed by atoms with E-state index in [4.69, 9.17) is 9.47 Å². The monoisotopic (exact) mass is 471 g/mol. The van der Waals surface area contributed by atoms with Gasteiger partial charge in [0.25, 0.3) is 0 Å². The van der Waals surface area contributed by atoms with Gasteiger partial charge in [0.1, 0.15) is 18.0 Å². The highest BCUT2D eigenvalue weighted by molar-refractivity contribution is 5.91. The Morgan fingerprint density at radius 2 is 1.91 bits per heavy atom. The number of benzene rings is 1. The fourth-order valence-electron chi connectivity index (χ4n) is 5.58. The number of carbonyl (C=O) groups excluding carboxylic acids is 2. The highest BCUT2D eigenvalue weighted by atomic mass is 16.6. The lowest BCUT2D eigenvalue weighted by molar-refractivity contribution is -0.142. The second-order valence-corrected chi connectivity index (χ2v) is 10.3. The third-order valence-electron chi connectivity index (χ3n) is 7.57. The van der Waals surface area contributed by atoms with E-state index in [9.17, 15) is 14.7 Å². The molecule has 0 radical (unpaired) electrons. The standard InChI is InChI=1S/C26H37N3O5/c30-16-23-26-21(14-19(33-23)15-24(31)27-8-11-29-9-2-1-3-10-29)20-13-18(6-7-22(20)34-26)28-25(32)12-17-4-5-17/h6-7,13,17,19,21,23,26,30H,1-5,8-12,14-16H2,(H,27,31)(H,28,32)/t19-,21+,23+,26-/m1/s1. The summed E-state index contributed by atoms with van der Waals surface area (Å²) in [5, 5.41) is 16.0. The van der Waals surface area contributed by atoms with Crippen molar-refractivity contribution in [2.45, 2.75) is 75.6 Å². The smallest absolute Gasteiger partial charge is 0.224 e. The van der Waals surface area contributed by atoms with Crippen LogP contribution in [0.5, 0.6) is 5.75 Å². The van der Waals surface area contributed by atoms with E-state index in [0.717, 1.165) is 49.5 Å². The third kappa shape index (κ3) is 5.73. The second-order valence-electron chi connectivity index (χ2n) is 10.3. The molecule has 8 heteroatoms. The number of nitrogens with one attached hydrogen (secondary N) is 2. The average Bonchev–Trinajstić information content (AvgIpc) is 3.57. The van der Waals surface area contributed by atoms with Gasteiger partial charge in [-0.3, -0.25) is 9.59 Å². The largest absolute Gasteiger partial charge is 0.487 e. The van der Waals surface area contributed by atoms with Gasteiger partial charge in [0.15, 0.2) is 0 Å². The molecule has 1 saturated carbocycles. The van der Waals surface area contributed by atoms with Gasteiger partial charge >= 0.3 is 0 Å². The lowest BCUT2D eigenvalue weighted by Crippen LogP contribution is -2.47. The fourth-order valence-corrected chi connectivity index (χ4v) is 5.58. The van der Waals surface area contributed by atoms with Gasteiger partial charge in [-0.25, -0.2) is 0 Å². The average molecular weight is 472 g/mol. The summed E-state index contributed by atoms with van der Waals surface area (Å²) in [4.78, 5) is 27.3. The lowest BCUT2D eigenvalue weighted by atomic mass is 9.84. The van der Waals surface area contributed by atoms with Crippen molar-refractivity contribution in [2.24, 2.45) is 5.92 Å². The predicted molar refractivity (Wildman–Crippen MR) is 128 cm³/mol. The summed E-state index contributed by atoms with van der Waals surface area (Å²) in [5.41, 5.74) is 1.79. The molecule has 0 aromatic heterocycles. The van der Waals surface area contributed by atoms with E-state index in [-0.39, 0.29) is 43.0 Å². The van der Waals surface area contributed by atoms with Crippen LogP contribution in [-0.2, 0) is 14.3 Å². The molecule has 3 heterocycles. The van der Waals surface area contributed by atoms with Crippen molar-refractivity contribution in [3.63, 3.8) is 0 Å². The number of anilines is 1. The van der Waals surface area contributed by atoms with Gasteiger partial charge in [-0.1, -0.05) is 6.42 Å². The van der Waals surface area contributed by atoms with Gasteiger partial charge in [-0.2, -0.15) is 0 Å². The van der Waals surface area contributed by atoms with E-state index in [1.165, 1.54) is 19.3 Å². The Hall–Kier alpha value is -2.16. The van der Waals surface area contributed by atoms with Crippen LogP contribution in [0.4, 0.5) is 5.69 Å². The fraction of sp³-hybridized carbons (Fsp3) is 0.692. The van der Waals surface area contributed by atoms with Crippen molar-refractivity contribution in [3.8, 4) is 5.75 Å². The van der Waals surface area contributed by atoms with Crippen LogP contribution in [-0.4, -0.2) is 72.9 Å². The summed E-state index contributed by atoms with van der Waals surface area (Å²) in [6.07, 6.45) is 6.52. The molecular weight excluding hydrogens is 434 g/mol. The van der Waals surface area contributed by atoms with Crippen molar-refractivity contribution >= 4 is 17.5 Å². The van der Waals surface area contributed by atoms with Gasteiger partial charge < -0.3 is 30.1 Å². The molecule has 2 saturated heterocycles. The van der Waals surface area contributed by atoms with Crippen LogP contribution in [0.25, 0.3) is 0 Å². The van der Waals surface area contributed by atoms with Crippen LogP contribution in [0, 0.1) is 5.92 Å². The molecule has 3 aliphatic heterocycles. The minimum atomic E-state index is -0.481. The molecule has 5 rings (SSSR count). The van der Waals surface area contributed by atoms with E-state index in [1.54, 1.807) is 0 Å². The topological polar surface area (TPSA) is 100 Å². The molecule has 1 aromatic carbocycles. The Labute approximate surface area is 201 Å². The van der Waals surface area contributed by atoms with Crippen molar-refractivity contribution < 1.29 is 24.2 Å². The number of rotatable bonds is 9. The van der Waals surface area contributed by atoms with Crippen molar-refractivity contribution in [1.29, 1.82) is 0 Å². The van der Waals surface area contributed by atoms with Crippen LogP contribution < -0.4 is 15.4 Å². The zero-order chi connectivity index (χ0) is 23.5. The Morgan fingerprint density at radius 1 is 1.09 bits per heavy atom. The number of amides is 2. The van der Waals surface area contributed by atoms with Crippen LogP contribution in [0.1, 0.15) is 62.8 Å². The van der Waals surface area contributed by atoms with Gasteiger partial charge in [0.05, 0.1) is 19.1 Å². The summed E-state index contributed by atoms with van der Waals surface area (Å²) in [7, 11) is 0. The number of ether oxygens (including phenoxy) is 2. The maximum Gasteiger partial charge on any atom is 0.224 e. The highest BCUT2D eigenvalue weighted by Crippen LogP contribution is 2.47. The first-order valence-electron chi connectivity index (χ1n) is 12.9. The number of hydrogen-bond acceptors (Lipinski definition) is 6. The quantitative estimate of drug-likeness (QED) is 0.512. The van der Waals surface area contributed by atoms with Crippen molar-refractivity contribution in [3.05, 3.63) is 23.8 Å². The van der Waals surface area contributed by atoms with Gasteiger partial charge in [-0.15, -0.1) is 0 Å². The first kappa shape index (κ1) is 23.6. The molecule has 1 aromatic rings. The molecule has 186 valence electrons. The van der Waals surface area contributed by atoms with E-state index < -0.39 is 6.10 Å². The zero-order valence-electron chi connectivity index (χ0n) is 19.8. The van der Waals surface area contributed by atoms with E-state index in [2.05, 4.69) is 15.5 Å². The van der Waals surface area contributed by atoms with E-state index in [0.29, 0.717) is 25.3 Å². The first-order chi connectivity index (χ1) is 16.6. The molecule has 1 aliphatic carbocycles. The van der Waals surface area contributed by atoms with E-state index >= 15 is 0 Å². The lowest BCUT2D eigenvalue weighted by Gasteiger charge is -2.37. The predicted octanol–water partition coefficient (Wildman–Crippen LogP) is 2.41. The zero-order valence-corrected chi connectivity index (χ0v) is 19.8. The van der Waals surface area contributed by atoms with Crippen LogP contribution in [0.2, 0.25) is 0 Å². The van der Waals surface area contributed by atoms with E-state index in [1.807, 2.05) is 18.2 Å². The number of nitrogens with zero attached hydrogens (tertiary/aromatic N) is 1. The Balaban J connectivity index is 1.17. The van der Waals surface area contributed by atoms with Crippen LogP contribution in [0.3, 0.4) is 0 Å². The molecular formula is C26H37N3O5. The number of carbonyl (C=O) groups is 2. The van der Waals surface area contributed by atoms with Crippen molar-refractivity contribution in [2.75, 3.05) is 38.1 Å². The van der Waals surface area contributed by atoms with Crippen LogP contribution >= 0.6 is 0 Å². The number of piperidine rings is 1. The summed E-state index contributed by atoms with van der Waals surface area (Å²) >= 11 is 0. The number of hydrogen-bond donors (Lipinski definition) is 3. The summed E-state index contributed by atoms with van der Waals surface area (Å²) in [6, 6.07) is 5.74. The van der Waals surface area contributed by atoms with Gasteiger partial charge in [-0.05, 0) is 69.3 Å². The van der Waals surface area contributed by atoms with Crippen molar-refractivity contribution in [1.82, 2.24) is 10.2 Å². The Morgan fingerprint density at radius 3 is 2.68 bits per heavy atom. The summed E-state index contributed by atoms with van der Waals surface area (Å²) in [6.45, 7) is 3.61. The summed E-state index contributed by atoms with van der Waals surface area (Å²) < 4.78 is 12.2. The molecule has 3 fully saturated rings. The summed E-state index contributed by atoms with van der Waals surface area (Å²) in [5.74, 6) is 1.36. The highest BCUT2D eigenvalue weighted by Gasteiger charge is 2.46. The minimum Gasteiger partial charge on any atom is -0.487 e. The maximum absolute atomic E-state index is 12.6. The van der Waals surface area contributed by atoms with Gasteiger partial charge in [0.2, 0.25) is 11.8 Å². The molecule has 4 atom stereocenters. The molecule has 0 unspecified atom stereocenters. The SMILES string of the molecule is O=C(C[C@H]1C[C@H]2c3cc(NC(=O)CC4CC4)ccc3O[C@H]2[C@H](CO)O1)NCCN1CCCCC1. The second kappa shape index (κ2) is 10.6. The molecule has 34 heavy (non-hydrogen) atoms. The molecule has 3 N–H and O–H groups in total. The molecule has 2 amide bonds. The number of aliphatic hydroxyl groups excluding tert-OH is 1. The third-order valence-corrected chi connectivity index (χ3v) is 7.57. The molecule has 0 bridgehead atoms. The normalized spacial score (nSPS) is 28.5.